The van der Waals surface area contributed by atoms with Gasteiger partial charge in [0.15, 0.2) is 5.78 Å². The van der Waals surface area contributed by atoms with E-state index in [4.69, 9.17) is 9.47 Å². The second-order valence-corrected chi connectivity index (χ2v) is 6.85. The summed E-state index contributed by atoms with van der Waals surface area (Å²) in [5, 5.41) is 3.03. The highest BCUT2D eigenvalue weighted by atomic mass is 16.5. The van der Waals surface area contributed by atoms with Crippen molar-refractivity contribution in [3.05, 3.63) is 48.3 Å². The second-order valence-electron chi connectivity index (χ2n) is 6.85. The number of carbonyl (C=O) groups is 2. The standard InChI is InChI=1S/C21H25N3O4/c1-27-20-13-22-14-21(24-20)28-17-9-7-16(8-10-17)23-19(26)12-11-18(25)15-5-3-2-4-6-15/h2-6,13-14,16-17H,7-12H2,1H3,(H,23,26). The van der Waals surface area contributed by atoms with Crippen molar-refractivity contribution in [1.29, 1.82) is 0 Å². The number of rotatable bonds is 8. The molecule has 0 radical (unpaired) electrons. The molecule has 148 valence electrons. The lowest BCUT2D eigenvalue weighted by atomic mass is 9.92. The number of amides is 1. The smallest absolute Gasteiger partial charge is 0.235 e. The van der Waals surface area contributed by atoms with E-state index in [0.29, 0.717) is 17.3 Å². The van der Waals surface area contributed by atoms with Crippen molar-refractivity contribution in [3.63, 3.8) is 0 Å². The van der Waals surface area contributed by atoms with Gasteiger partial charge in [-0.3, -0.25) is 14.6 Å². The van der Waals surface area contributed by atoms with Crippen LogP contribution in [0.4, 0.5) is 0 Å². The molecule has 1 aliphatic carbocycles. The van der Waals surface area contributed by atoms with Crippen molar-refractivity contribution >= 4 is 11.7 Å². The Morgan fingerprint density at radius 3 is 2.46 bits per heavy atom. The maximum Gasteiger partial charge on any atom is 0.235 e. The minimum atomic E-state index is -0.0766. The number of carbonyl (C=O) groups excluding carboxylic acids is 2. The first kappa shape index (κ1) is 19.8. The maximum absolute atomic E-state index is 12.2. The molecule has 1 saturated carbocycles. The van der Waals surface area contributed by atoms with Crippen LogP contribution in [0.2, 0.25) is 0 Å². The molecule has 3 rings (SSSR count). The third-order valence-corrected chi connectivity index (χ3v) is 4.80. The van der Waals surface area contributed by atoms with Gasteiger partial charge in [-0.25, -0.2) is 0 Å². The molecule has 1 fully saturated rings. The molecule has 7 nitrogen and oxygen atoms in total. The first-order valence-electron chi connectivity index (χ1n) is 9.54. The number of nitrogens with one attached hydrogen (secondary N) is 1. The number of hydrogen-bond donors (Lipinski definition) is 1. The zero-order chi connectivity index (χ0) is 19.8. The van der Waals surface area contributed by atoms with Crippen molar-refractivity contribution in [3.8, 4) is 11.8 Å². The molecular weight excluding hydrogens is 358 g/mol. The highest BCUT2D eigenvalue weighted by Crippen LogP contribution is 2.23. The summed E-state index contributed by atoms with van der Waals surface area (Å²) in [6.07, 6.45) is 6.91. The van der Waals surface area contributed by atoms with Crippen LogP contribution in [0.5, 0.6) is 11.8 Å². The highest BCUT2D eigenvalue weighted by molar-refractivity contribution is 5.97. The summed E-state index contributed by atoms with van der Waals surface area (Å²) in [4.78, 5) is 32.5. The average Bonchev–Trinajstić information content (AvgIpc) is 2.74. The average molecular weight is 383 g/mol. The van der Waals surface area contributed by atoms with Gasteiger partial charge >= 0.3 is 0 Å². The fourth-order valence-corrected chi connectivity index (χ4v) is 3.28. The molecule has 0 atom stereocenters. The monoisotopic (exact) mass is 383 g/mol. The van der Waals surface area contributed by atoms with E-state index in [1.54, 1.807) is 18.3 Å². The van der Waals surface area contributed by atoms with Crippen LogP contribution in [0.15, 0.2) is 42.7 Å². The van der Waals surface area contributed by atoms with Crippen LogP contribution in [0.1, 0.15) is 48.9 Å². The number of hydrogen-bond acceptors (Lipinski definition) is 6. The predicted molar refractivity (Wildman–Crippen MR) is 103 cm³/mol. The van der Waals surface area contributed by atoms with Gasteiger partial charge in [-0.1, -0.05) is 30.3 Å². The lowest BCUT2D eigenvalue weighted by Gasteiger charge is -2.29. The van der Waals surface area contributed by atoms with Gasteiger partial charge < -0.3 is 14.8 Å². The van der Waals surface area contributed by atoms with Gasteiger partial charge in [-0.15, -0.1) is 0 Å². The van der Waals surface area contributed by atoms with Crippen LogP contribution in [0.25, 0.3) is 0 Å². The Hall–Kier alpha value is -2.96. The van der Waals surface area contributed by atoms with Gasteiger partial charge in [0.05, 0.1) is 19.5 Å². The zero-order valence-electron chi connectivity index (χ0n) is 16.0. The topological polar surface area (TPSA) is 90.4 Å². The Morgan fingerprint density at radius 1 is 1.04 bits per heavy atom. The van der Waals surface area contributed by atoms with Crippen molar-refractivity contribution in [2.45, 2.75) is 50.7 Å². The lowest BCUT2D eigenvalue weighted by molar-refractivity contribution is -0.122. The number of benzene rings is 1. The number of Topliss-reactive ketones (excluding diaryl/α,β-unsaturated/α-hetero) is 1. The number of methoxy groups -OCH3 is 1. The zero-order valence-corrected chi connectivity index (χ0v) is 16.0. The number of ketones is 1. The van der Waals surface area contributed by atoms with Crippen molar-refractivity contribution in [2.75, 3.05) is 7.11 Å². The van der Waals surface area contributed by atoms with Crippen LogP contribution in [-0.2, 0) is 4.79 Å². The molecule has 28 heavy (non-hydrogen) atoms. The normalized spacial score (nSPS) is 18.9. The summed E-state index contributed by atoms with van der Waals surface area (Å²) < 4.78 is 10.9. The van der Waals surface area contributed by atoms with E-state index in [1.807, 2.05) is 18.2 Å². The summed E-state index contributed by atoms with van der Waals surface area (Å²) in [6.45, 7) is 0. The van der Waals surface area contributed by atoms with E-state index < -0.39 is 0 Å². The summed E-state index contributed by atoms with van der Waals surface area (Å²) in [6, 6.07) is 9.18. The minimum Gasteiger partial charge on any atom is -0.480 e. The molecular formula is C21H25N3O4. The molecule has 2 aromatic rings. The van der Waals surface area contributed by atoms with Crippen molar-refractivity contribution < 1.29 is 19.1 Å². The maximum atomic E-state index is 12.2. The van der Waals surface area contributed by atoms with Crippen LogP contribution in [0, 0.1) is 0 Å². The first-order valence-corrected chi connectivity index (χ1v) is 9.54. The van der Waals surface area contributed by atoms with Crippen molar-refractivity contribution in [2.24, 2.45) is 0 Å². The van der Waals surface area contributed by atoms with Gasteiger partial charge in [0.1, 0.15) is 6.10 Å². The van der Waals surface area contributed by atoms with Gasteiger partial charge in [0.2, 0.25) is 17.7 Å². The molecule has 7 heteroatoms. The Kier molecular flexibility index (Phi) is 6.94. The largest absolute Gasteiger partial charge is 0.480 e. The summed E-state index contributed by atoms with van der Waals surface area (Å²) in [5.74, 6) is 0.786. The quantitative estimate of drug-likeness (QED) is 0.705. The Balaban J connectivity index is 1.37. The van der Waals surface area contributed by atoms with Gasteiger partial charge in [-0.05, 0) is 25.7 Å². The van der Waals surface area contributed by atoms with E-state index in [9.17, 15) is 9.59 Å². The SMILES string of the molecule is COc1cncc(OC2CCC(NC(=O)CCC(=O)c3ccccc3)CC2)n1. The van der Waals surface area contributed by atoms with Crippen LogP contribution in [-0.4, -0.2) is 40.9 Å². The molecule has 1 amide bonds. The van der Waals surface area contributed by atoms with Crippen molar-refractivity contribution in [1.82, 2.24) is 15.3 Å². The molecule has 0 saturated heterocycles. The van der Waals surface area contributed by atoms with Crippen LogP contribution < -0.4 is 14.8 Å². The molecule has 0 unspecified atom stereocenters. The predicted octanol–water partition coefficient (Wildman–Crippen LogP) is 2.95. The number of ether oxygens (including phenoxy) is 2. The first-order chi connectivity index (χ1) is 13.6. The molecule has 1 N–H and O–H groups in total. The van der Waals surface area contributed by atoms with Crippen LogP contribution in [0.3, 0.4) is 0 Å². The minimum absolute atomic E-state index is 0.00717. The van der Waals surface area contributed by atoms with Gasteiger partial charge in [-0.2, -0.15) is 4.98 Å². The Labute approximate surface area is 164 Å². The Morgan fingerprint density at radius 2 is 1.75 bits per heavy atom. The third-order valence-electron chi connectivity index (χ3n) is 4.80. The van der Waals surface area contributed by atoms with Crippen LogP contribution >= 0.6 is 0 Å². The van der Waals surface area contributed by atoms with E-state index in [-0.39, 0.29) is 36.7 Å². The summed E-state index contributed by atoms with van der Waals surface area (Å²) in [7, 11) is 1.54. The molecule has 1 aromatic heterocycles. The van der Waals surface area contributed by atoms with Gasteiger partial charge in [0.25, 0.3) is 0 Å². The molecule has 0 bridgehead atoms. The highest BCUT2D eigenvalue weighted by Gasteiger charge is 2.24. The molecule has 1 aliphatic rings. The lowest BCUT2D eigenvalue weighted by Crippen LogP contribution is -2.39. The fourth-order valence-electron chi connectivity index (χ4n) is 3.28. The van der Waals surface area contributed by atoms with E-state index in [2.05, 4.69) is 15.3 Å². The molecule has 1 aromatic carbocycles. The molecule has 1 heterocycles. The van der Waals surface area contributed by atoms with E-state index in [1.165, 1.54) is 13.3 Å². The molecule has 0 aliphatic heterocycles. The number of nitrogens with zero attached hydrogens (tertiary/aromatic N) is 2. The number of aromatic nitrogens is 2. The van der Waals surface area contributed by atoms with E-state index in [0.717, 1.165) is 25.7 Å². The fraction of sp³-hybridized carbons (Fsp3) is 0.429. The van der Waals surface area contributed by atoms with E-state index >= 15 is 0 Å². The van der Waals surface area contributed by atoms with Gasteiger partial charge in [0, 0.05) is 24.4 Å². The summed E-state index contributed by atoms with van der Waals surface area (Å²) in [5.41, 5.74) is 0.647. The molecule has 0 spiro atoms. The third kappa shape index (κ3) is 5.77. The summed E-state index contributed by atoms with van der Waals surface area (Å²) >= 11 is 0. The second kappa shape index (κ2) is 9.82. The Bertz CT molecular complexity index is 789.